The van der Waals surface area contributed by atoms with Gasteiger partial charge in [0.15, 0.2) is 0 Å². The molecule has 0 N–H and O–H groups in total. The summed E-state index contributed by atoms with van der Waals surface area (Å²) in [6, 6.07) is 5.53. The maximum atomic E-state index is 12.6. The van der Waals surface area contributed by atoms with Crippen molar-refractivity contribution in [2.24, 2.45) is 0 Å². The molecule has 1 aromatic rings. The molecule has 0 spiro atoms. The van der Waals surface area contributed by atoms with E-state index in [1.54, 1.807) is 32.2 Å². The van der Waals surface area contributed by atoms with Gasteiger partial charge in [0.25, 0.3) is 5.91 Å². The second kappa shape index (κ2) is 7.46. The van der Waals surface area contributed by atoms with E-state index in [1.807, 2.05) is 24.0 Å². The van der Waals surface area contributed by atoms with E-state index in [9.17, 15) is 9.59 Å². The van der Waals surface area contributed by atoms with Crippen molar-refractivity contribution in [2.45, 2.75) is 6.92 Å². The highest BCUT2D eigenvalue weighted by Crippen LogP contribution is 2.20. The zero-order chi connectivity index (χ0) is 17.0. The van der Waals surface area contributed by atoms with E-state index in [-0.39, 0.29) is 11.8 Å². The van der Waals surface area contributed by atoms with Crippen molar-refractivity contribution < 1.29 is 14.3 Å². The molecule has 2 rings (SSSR count). The van der Waals surface area contributed by atoms with Crippen LogP contribution in [0.3, 0.4) is 0 Å². The first-order valence-electron chi connectivity index (χ1n) is 7.78. The number of hydrogen-bond donors (Lipinski definition) is 0. The van der Waals surface area contributed by atoms with Gasteiger partial charge < -0.3 is 14.5 Å². The second-order valence-electron chi connectivity index (χ2n) is 6.04. The van der Waals surface area contributed by atoms with Crippen LogP contribution in [0.1, 0.15) is 15.9 Å². The first-order valence-corrected chi connectivity index (χ1v) is 7.78. The Kier molecular flexibility index (Phi) is 5.60. The molecule has 0 aliphatic carbocycles. The number of hydrogen-bond acceptors (Lipinski definition) is 4. The third-order valence-corrected chi connectivity index (χ3v) is 4.17. The van der Waals surface area contributed by atoms with Gasteiger partial charge in [0.2, 0.25) is 5.91 Å². The van der Waals surface area contributed by atoms with Crippen LogP contribution >= 0.6 is 0 Å². The van der Waals surface area contributed by atoms with Crippen molar-refractivity contribution in [3.63, 3.8) is 0 Å². The smallest absolute Gasteiger partial charge is 0.254 e. The molecule has 1 aromatic carbocycles. The number of aryl methyl sites for hydroxylation is 1. The van der Waals surface area contributed by atoms with Gasteiger partial charge in [0, 0.05) is 45.8 Å². The Labute approximate surface area is 137 Å². The second-order valence-corrected chi connectivity index (χ2v) is 6.04. The maximum absolute atomic E-state index is 12.6. The van der Waals surface area contributed by atoms with Crippen molar-refractivity contribution in [1.29, 1.82) is 0 Å². The van der Waals surface area contributed by atoms with Gasteiger partial charge in [-0.1, -0.05) is 6.07 Å². The van der Waals surface area contributed by atoms with Crippen LogP contribution in [0.4, 0.5) is 0 Å². The summed E-state index contributed by atoms with van der Waals surface area (Å²) < 4.78 is 5.29. The lowest BCUT2D eigenvalue weighted by molar-refractivity contribution is -0.130. The SMILES string of the molecule is COc1cc(C(=O)N2CCN(CC(=O)N(C)C)CC2)ccc1C. The molecule has 0 aromatic heterocycles. The van der Waals surface area contributed by atoms with E-state index < -0.39 is 0 Å². The standard InChI is InChI=1S/C17H25N3O3/c1-13-5-6-14(11-15(13)23-4)17(22)20-9-7-19(8-10-20)12-16(21)18(2)3/h5-6,11H,7-10,12H2,1-4H3. The maximum Gasteiger partial charge on any atom is 0.254 e. The molecule has 1 fully saturated rings. The van der Waals surface area contributed by atoms with Gasteiger partial charge in [-0.05, 0) is 24.6 Å². The predicted octanol–water partition coefficient (Wildman–Crippen LogP) is 0.850. The Morgan fingerprint density at radius 1 is 1.17 bits per heavy atom. The molecule has 1 aliphatic heterocycles. The van der Waals surface area contributed by atoms with Gasteiger partial charge in [-0.2, -0.15) is 0 Å². The highest BCUT2D eigenvalue weighted by atomic mass is 16.5. The Morgan fingerprint density at radius 2 is 1.83 bits per heavy atom. The Morgan fingerprint density at radius 3 is 2.39 bits per heavy atom. The van der Waals surface area contributed by atoms with E-state index in [0.29, 0.717) is 38.3 Å². The van der Waals surface area contributed by atoms with Crippen LogP contribution in [0.25, 0.3) is 0 Å². The topological polar surface area (TPSA) is 53.1 Å². The van der Waals surface area contributed by atoms with Crippen LogP contribution in [-0.4, -0.2) is 80.4 Å². The van der Waals surface area contributed by atoms with Gasteiger partial charge in [-0.25, -0.2) is 0 Å². The van der Waals surface area contributed by atoms with Crippen molar-refractivity contribution in [3.05, 3.63) is 29.3 Å². The summed E-state index contributed by atoms with van der Waals surface area (Å²) >= 11 is 0. The van der Waals surface area contributed by atoms with Crippen molar-refractivity contribution in [2.75, 3.05) is 53.9 Å². The lowest BCUT2D eigenvalue weighted by Gasteiger charge is -2.34. The van der Waals surface area contributed by atoms with Crippen LogP contribution < -0.4 is 4.74 Å². The fourth-order valence-electron chi connectivity index (χ4n) is 2.58. The monoisotopic (exact) mass is 319 g/mol. The van der Waals surface area contributed by atoms with E-state index in [2.05, 4.69) is 4.90 Å². The van der Waals surface area contributed by atoms with Gasteiger partial charge >= 0.3 is 0 Å². The average Bonchev–Trinajstić information content (AvgIpc) is 2.55. The fourth-order valence-corrected chi connectivity index (χ4v) is 2.58. The Hall–Kier alpha value is -2.08. The Bertz CT molecular complexity index is 578. The number of nitrogens with zero attached hydrogens (tertiary/aromatic N) is 3. The summed E-state index contributed by atoms with van der Waals surface area (Å²) in [6.07, 6.45) is 0. The molecule has 0 saturated carbocycles. The minimum Gasteiger partial charge on any atom is -0.496 e. The number of benzene rings is 1. The first-order chi connectivity index (χ1) is 10.9. The van der Waals surface area contributed by atoms with Crippen LogP contribution in [-0.2, 0) is 4.79 Å². The fraction of sp³-hybridized carbons (Fsp3) is 0.529. The highest BCUT2D eigenvalue weighted by Gasteiger charge is 2.24. The molecule has 23 heavy (non-hydrogen) atoms. The summed E-state index contributed by atoms with van der Waals surface area (Å²) in [5.41, 5.74) is 1.65. The number of carbonyl (C=O) groups excluding carboxylic acids is 2. The molecular weight excluding hydrogens is 294 g/mol. The number of piperazine rings is 1. The van der Waals surface area contributed by atoms with E-state index in [4.69, 9.17) is 4.74 Å². The highest BCUT2D eigenvalue weighted by molar-refractivity contribution is 5.94. The van der Waals surface area contributed by atoms with Gasteiger partial charge in [-0.15, -0.1) is 0 Å². The van der Waals surface area contributed by atoms with Crippen LogP contribution in [0.5, 0.6) is 5.75 Å². The summed E-state index contributed by atoms with van der Waals surface area (Å²) in [5, 5.41) is 0. The Balaban J connectivity index is 1.94. The molecule has 6 heteroatoms. The molecule has 1 heterocycles. The summed E-state index contributed by atoms with van der Waals surface area (Å²) in [6.45, 7) is 5.06. The molecule has 1 saturated heterocycles. The van der Waals surface area contributed by atoms with Crippen LogP contribution in [0.15, 0.2) is 18.2 Å². The predicted molar refractivity (Wildman–Crippen MR) is 88.8 cm³/mol. The molecule has 0 radical (unpaired) electrons. The molecule has 1 aliphatic rings. The number of rotatable bonds is 4. The molecule has 6 nitrogen and oxygen atoms in total. The van der Waals surface area contributed by atoms with Crippen LogP contribution in [0.2, 0.25) is 0 Å². The minimum atomic E-state index is 0.0156. The number of methoxy groups -OCH3 is 1. The van der Waals surface area contributed by atoms with E-state index in [1.165, 1.54) is 0 Å². The molecule has 126 valence electrons. The number of carbonyl (C=O) groups is 2. The zero-order valence-corrected chi connectivity index (χ0v) is 14.3. The third kappa shape index (κ3) is 4.22. The molecule has 0 unspecified atom stereocenters. The zero-order valence-electron chi connectivity index (χ0n) is 14.3. The van der Waals surface area contributed by atoms with Gasteiger partial charge in [0.05, 0.1) is 13.7 Å². The van der Waals surface area contributed by atoms with Gasteiger partial charge in [-0.3, -0.25) is 14.5 Å². The van der Waals surface area contributed by atoms with Crippen molar-refractivity contribution in [3.8, 4) is 5.75 Å². The number of likely N-dealkylation sites (N-methyl/N-ethyl adjacent to an activating group) is 1. The molecular formula is C17H25N3O3. The molecule has 0 atom stereocenters. The van der Waals surface area contributed by atoms with E-state index in [0.717, 1.165) is 11.3 Å². The lowest BCUT2D eigenvalue weighted by Crippen LogP contribution is -2.51. The average molecular weight is 319 g/mol. The number of ether oxygens (including phenoxy) is 1. The lowest BCUT2D eigenvalue weighted by atomic mass is 10.1. The summed E-state index contributed by atoms with van der Waals surface area (Å²) in [4.78, 5) is 29.8. The van der Waals surface area contributed by atoms with E-state index >= 15 is 0 Å². The summed E-state index contributed by atoms with van der Waals surface area (Å²) in [5.74, 6) is 0.834. The molecule has 0 bridgehead atoms. The number of amides is 2. The van der Waals surface area contributed by atoms with Crippen molar-refractivity contribution in [1.82, 2.24) is 14.7 Å². The minimum absolute atomic E-state index is 0.0156. The largest absolute Gasteiger partial charge is 0.496 e. The molecule has 2 amide bonds. The van der Waals surface area contributed by atoms with Crippen molar-refractivity contribution >= 4 is 11.8 Å². The third-order valence-electron chi connectivity index (χ3n) is 4.17. The normalized spacial score (nSPS) is 15.4. The van der Waals surface area contributed by atoms with Gasteiger partial charge in [0.1, 0.15) is 5.75 Å². The first kappa shape index (κ1) is 17.3. The summed E-state index contributed by atoms with van der Waals surface area (Å²) in [7, 11) is 5.12. The quantitative estimate of drug-likeness (QED) is 0.826. The van der Waals surface area contributed by atoms with Crippen LogP contribution in [0, 0.1) is 6.92 Å².